The highest BCUT2D eigenvalue weighted by molar-refractivity contribution is 7.15. The molecule has 0 aromatic carbocycles. The highest BCUT2D eigenvalue weighted by atomic mass is 32.1. The summed E-state index contributed by atoms with van der Waals surface area (Å²) in [5.74, 6) is 0.0120. The van der Waals surface area contributed by atoms with E-state index >= 15 is 0 Å². The van der Waals surface area contributed by atoms with Crippen molar-refractivity contribution >= 4 is 22.4 Å². The Morgan fingerprint density at radius 2 is 2.50 bits per heavy atom. The molecule has 2 rings (SSSR count). The van der Waals surface area contributed by atoms with E-state index in [1.807, 2.05) is 6.92 Å². The molecule has 1 aromatic heterocycles. The van der Waals surface area contributed by atoms with Gasteiger partial charge in [-0.2, -0.15) is 0 Å². The quantitative estimate of drug-likeness (QED) is 0.851. The van der Waals surface area contributed by atoms with E-state index in [0.717, 1.165) is 36.8 Å². The number of amides is 1. The Hall–Kier alpha value is -0.980. The van der Waals surface area contributed by atoms with Gasteiger partial charge in [-0.3, -0.25) is 4.79 Å². The normalized spacial score (nSPS) is 16.1. The van der Waals surface area contributed by atoms with Crippen LogP contribution >= 0.6 is 11.3 Å². The van der Waals surface area contributed by atoms with Crippen LogP contribution in [0, 0.1) is 0 Å². The van der Waals surface area contributed by atoms with E-state index in [0.29, 0.717) is 6.42 Å². The van der Waals surface area contributed by atoms with Gasteiger partial charge in [0.05, 0.1) is 11.8 Å². The molecule has 1 amide bonds. The van der Waals surface area contributed by atoms with Gasteiger partial charge < -0.3 is 15.4 Å². The van der Waals surface area contributed by atoms with Crippen molar-refractivity contribution in [3.8, 4) is 0 Å². The Morgan fingerprint density at radius 3 is 3.22 bits per heavy atom. The molecule has 1 aliphatic rings. The van der Waals surface area contributed by atoms with E-state index in [1.165, 1.54) is 4.88 Å². The summed E-state index contributed by atoms with van der Waals surface area (Å²) >= 11 is 1.57. The van der Waals surface area contributed by atoms with Gasteiger partial charge in [0.25, 0.3) is 0 Å². The van der Waals surface area contributed by atoms with E-state index < -0.39 is 0 Å². The lowest BCUT2D eigenvalue weighted by Crippen LogP contribution is -2.22. The predicted octanol–water partition coefficient (Wildman–Crippen LogP) is 1.54. The fourth-order valence-corrected chi connectivity index (χ4v) is 2.81. The number of thiazole rings is 1. The molecule has 2 heterocycles. The molecule has 0 spiro atoms. The molecule has 6 heteroatoms. The number of carbonyl (C=O) groups excluding carboxylic acids is 1. The Bertz CT molecular complexity index is 396. The lowest BCUT2D eigenvalue weighted by molar-refractivity contribution is -0.116. The molecular formula is C12H19N3O2S. The number of hydrogen-bond acceptors (Lipinski definition) is 5. The van der Waals surface area contributed by atoms with Gasteiger partial charge in [-0.1, -0.05) is 0 Å². The molecule has 100 valence electrons. The topological polar surface area (TPSA) is 63.2 Å². The third kappa shape index (κ3) is 3.51. The molecule has 0 radical (unpaired) electrons. The second-order valence-corrected chi connectivity index (χ2v) is 5.53. The van der Waals surface area contributed by atoms with E-state index in [2.05, 4.69) is 15.6 Å². The summed E-state index contributed by atoms with van der Waals surface area (Å²) in [5, 5.41) is 6.88. The van der Waals surface area contributed by atoms with E-state index in [1.54, 1.807) is 18.4 Å². The molecule has 2 N–H and O–H groups in total. The molecule has 1 unspecified atom stereocenters. The number of nitrogens with zero attached hydrogens (tertiary/aromatic N) is 1. The summed E-state index contributed by atoms with van der Waals surface area (Å²) in [6.45, 7) is 3.79. The molecule has 5 nitrogen and oxygen atoms in total. The summed E-state index contributed by atoms with van der Waals surface area (Å²) in [4.78, 5) is 17.4. The molecule has 1 aliphatic heterocycles. The maximum absolute atomic E-state index is 11.7. The number of methoxy groups -OCH3 is 1. The van der Waals surface area contributed by atoms with Crippen LogP contribution in [0.2, 0.25) is 0 Å². The highest BCUT2D eigenvalue weighted by Crippen LogP contribution is 2.25. The van der Waals surface area contributed by atoms with Crippen molar-refractivity contribution in [2.75, 3.05) is 19.0 Å². The average molecular weight is 269 g/mol. The number of nitrogens with one attached hydrogen (secondary N) is 2. The zero-order valence-electron chi connectivity index (χ0n) is 10.8. The maximum atomic E-state index is 11.7. The molecule has 18 heavy (non-hydrogen) atoms. The minimum atomic E-state index is 0.0120. The molecule has 0 fully saturated rings. The first-order chi connectivity index (χ1) is 8.69. The van der Waals surface area contributed by atoms with Gasteiger partial charge in [-0.05, 0) is 13.3 Å². The van der Waals surface area contributed by atoms with Crippen molar-refractivity contribution in [1.82, 2.24) is 10.3 Å². The SMILES string of the molecule is COC(C)CCC(=O)Nc1nc2c(s1)CNCC2. The van der Waals surface area contributed by atoms with Gasteiger partial charge in [0.2, 0.25) is 5.91 Å². The van der Waals surface area contributed by atoms with Gasteiger partial charge in [0.1, 0.15) is 0 Å². The number of carbonyl (C=O) groups is 1. The molecule has 1 atom stereocenters. The summed E-state index contributed by atoms with van der Waals surface area (Å²) in [5.41, 5.74) is 1.12. The summed E-state index contributed by atoms with van der Waals surface area (Å²) in [6, 6.07) is 0. The van der Waals surface area contributed by atoms with Gasteiger partial charge in [0.15, 0.2) is 5.13 Å². The zero-order valence-corrected chi connectivity index (χ0v) is 11.6. The lowest BCUT2D eigenvalue weighted by Gasteiger charge is -2.09. The molecule has 1 aromatic rings. The van der Waals surface area contributed by atoms with Crippen molar-refractivity contribution in [2.45, 2.75) is 38.8 Å². The fourth-order valence-electron chi connectivity index (χ4n) is 1.81. The van der Waals surface area contributed by atoms with Crippen LogP contribution < -0.4 is 10.6 Å². The van der Waals surface area contributed by atoms with Gasteiger partial charge in [-0.15, -0.1) is 11.3 Å². The fraction of sp³-hybridized carbons (Fsp3) is 0.667. The third-order valence-electron chi connectivity index (χ3n) is 3.03. The van der Waals surface area contributed by atoms with Crippen LogP contribution in [0.1, 0.15) is 30.3 Å². The molecule has 0 aliphatic carbocycles. The first-order valence-corrected chi connectivity index (χ1v) is 7.02. The Morgan fingerprint density at radius 1 is 1.67 bits per heavy atom. The van der Waals surface area contributed by atoms with Crippen LogP contribution in [0.4, 0.5) is 5.13 Å². The minimum absolute atomic E-state index is 0.0120. The summed E-state index contributed by atoms with van der Waals surface area (Å²) in [6.07, 6.45) is 2.26. The number of fused-ring (bicyclic) bond motifs is 1. The molecular weight excluding hydrogens is 250 g/mol. The Balaban J connectivity index is 1.85. The second kappa shape index (κ2) is 6.26. The Labute approximate surface area is 111 Å². The van der Waals surface area contributed by atoms with Gasteiger partial charge in [0, 0.05) is 37.9 Å². The number of hydrogen-bond donors (Lipinski definition) is 2. The Kier molecular flexibility index (Phi) is 4.68. The van der Waals surface area contributed by atoms with Crippen LogP contribution in [-0.2, 0) is 22.5 Å². The summed E-state index contributed by atoms with van der Waals surface area (Å²) in [7, 11) is 1.66. The second-order valence-electron chi connectivity index (χ2n) is 4.45. The van der Waals surface area contributed by atoms with E-state index in [4.69, 9.17) is 4.74 Å². The van der Waals surface area contributed by atoms with Crippen molar-refractivity contribution in [3.63, 3.8) is 0 Å². The lowest BCUT2D eigenvalue weighted by atomic mass is 10.2. The van der Waals surface area contributed by atoms with Crippen molar-refractivity contribution < 1.29 is 9.53 Å². The van der Waals surface area contributed by atoms with Crippen LogP contribution in [0.5, 0.6) is 0 Å². The van der Waals surface area contributed by atoms with Crippen LogP contribution in [0.3, 0.4) is 0 Å². The van der Waals surface area contributed by atoms with Crippen molar-refractivity contribution in [1.29, 1.82) is 0 Å². The number of aromatic nitrogens is 1. The van der Waals surface area contributed by atoms with Gasteiger partial charge in [-0.25, -0.2) is 4.98 Å². The van der Waals surface area contributed by atoms with E-state index in [-0.39, 0.29) is 12.0 Å². The van der Waals surface area contributed by atoms with Crippen LogP contribution in [0.15, 0.2) is 0 Å². The third-order valence-corrected chi connectivity index (χ3v) is 4.04. The molecule has 0 bridgehead atoms. The number of anilines is 1. The standard InChI is InChI=1S/C12H19N3O2S/c1-8(17-2)3-4-11(16)15-12-14-9-5-6-13-7-10(9)18-12/h8,13H,3-7H2,1-2H3,(H,14,15,16). The smallest absolute Gasteiger partial charge is 0.226 e. The molecule has 0 saturated heterocycles. The van der Waals surface area contributed by atoms with Crippen LogP contribution in [-0.4, -0.2) is 30.6 Å². The average Bonchev–Trinajstić information content (AvgIpc) is 2.77. The van der Waals surface area contributed by atoms with Gasteiger partial charge >= 0.3 is 0 Å². The first-order valence-electron chi connectivity index (χ1n) is 6.21. The van der Waals surface area contributed by atoms with E-state index in [9.17, 15) is 4.79 Å². The van der Waals surface area contributed by atoms with Crippen LogP contribution in [0.25, 0.3) is 0 Å². The minimum Gasteiger partial charge on any atom is -0.382 e. The first kappa shape index (κ1) is 13.5. The largest absolute Gasteiger partial charge is 0.382 e. The molecule has 0 saturated carbocycles. The monoisotopic (exact) mass is 269 g/mol. The predicted molar refractivity (Wildman–Crippen MR) is 71.9 cm³/mol. The number of ether oxygens (including phenoxy) is 1. The van der Waals surface area contributed by atoms with Crippen molar-refractivity contribution in [3.05, 3.63) is 10.6 Å². The highest BCUT2D eigenvalue weighted by Gasteiger charge is 2.16. The maximum Gasteiger partial charge on any atom is 0.226 e. The zero-order chi connectivity index (χ0) is 13.0. The summed E-state index contributed by atoms with van der Waals surface area (Å²) < 4.78 is 5.12. The van der Waals surface area contributed by atoms with Crippen molar-refractivity contribution in [2.24, 2.45) is 0 Å². The number of rotatable bonds is 5.